The van der Waals surface area contributed by atoms with E-state index in [1.54, 1.807) is 24.3 Å². The maximum Gasteiger partial charge on any atom is 0.416 e. The third-order valence-electron chi connectivity index (χ3n) is 4.02. The lowest BCUT2D eigenvalue weighted by Gasteiger charge is -2.11. The number of halogens is 3. The Balaban J connectivity index is 1.57. The molecule has 30 heavy (non-hydrogen) atoms. The average molecular weight is 417 g/mol. The molecule has 0 saturated carbocycles. The molecule has 0 radical (unpaired) electrons. The second kappa shape index (κ2) is 9.27. The van der Waals surface area contributed by atoms with Gasteiger partial charge in [-0.1, -0.05) is 12.1 Å². The molecule has 0 aliphatic rings. The smallest absolute Gasteiger partial charge is 0.416 e. The Bertz CT molecular complexity index is 1020. The third kappa shape index (κ3) is 5.95. The van der Waals surface area contributed by atoms with Gasteiger partial charge in [0.05, 0.1) is 24.9 Å². The normalized spacial score (nSPS) is 11.2. The van der Waals surface area contributed by atoms with Crippen molar-refractivity contribution in [2.24, 2.45) is 0 Å². The van der Waals surface area contributed by atoms with Crippen LogP contribution in [0.4, 0.5) is 24.5 Å². The average Bonchev–Trinajstić information content (AvgIpc) is 3.21. The molecule has 3 N–H and O–H groups in total. The van der Waals surface area contributed by atoms with Crippen LogP contribution in [0.3, 0.4) is 0 Å². The number of anilines is 2. The molecule has 2 aromatic carbocycles. The number of hydrogen-bond acceptors (Lipinski definition) is 4. The molecule has 1 aromatic heterocycles. The van der Waals surface area contributed by atoms with Gasteiger partial charge in [-0.05, 0) is 48.5 Å². The molecule has 3 rings (SSSR count). The number of rotatable bonds is 7. The summed E-state index contributed by atoms with van der Waals surface area (Å²) >= 11 is 0. The molecule has 2 amide bonds. The molecule has 0 bridgehead atoms. The standard InChI is InChI=1S/C21H18F3N3O3/c22-21(23,24)15-5-2-7-17(11-15)27-20(29)14-4-1-6-16(10-14)26-19(28)13-25-12-18-8-3-9-30-18/h1-11,25H,12-13H2,(H,26,28)(H,27,29). The van der Waals surface area contributed by atoms with Gasteiger partial charge in [0.15, 0.2) is 0 Å². The summed E-state index contributed by atoms with van der Waals surface area (Å²) in [5.74, 6) is -0.227. The quantitative estimate of drug-likeness (QED) is 0.536. The summed E-state index contributed by atoms with van der Waals surface area (Å²) in [6, 6.07) is 14.0. The van der Waals surface area contributed by atoms with E-state index in [1.807, 2.05) is 0 Å². The fourth-order valence-corrected chi connectivity index (χ4v) is 2.63. The van der Waals surface area contributed by atoms with Crippen LogP contribution in [0.15, 0.2) is 71.3 Å². The molecule has 0 spiro atoms. The molecule has 0 saturated heterocycles. The van der Waals surface area contributed by atoms with E-state index in [2.05, 4.69) is 16.0 Å². The number of furan rings is 1. The zero-order chi connectivity index (χ0) is 21.6. The van der Waals surface area contributed by atoms with Gasteiger partial charge in [-0.25, -0.2) is 0 Å². The minimum absolute atomic E-state index is 0.0198. The van der Waals surface area contributed by atoms with Crippen LogP contribution in [0.2, 0.25) is 0 Å². The Hall–Kier alpha value is -3.59. The maximum atomic E-state index is 12.8. The first-order valence-electron chi connectivity index (χ1n) is 8.93. The first-order chi connectivity index (χ1) is 14.3. The number of carbonyl (C=O) groups is 2. The number of nitrogens with one attached hydrogen (secondary N) is 3. The Labute approximate surface area is 170 Å². The van der Waals surface area contributed by atoms with E-state index in [9.17, 15) is 22.8 Å². The van der Waals surface area contributed by atoms with E-state index in [0.29, 0.717) is 18.0 Å². The van der Waals surface area contributed by atoms with Crippen molar-refractivity contribution in [1.29, 1.82) is 0 Å². The number of amides is 2. The van der Waals surface area contributed by atoms with E-state index in [1.165, 1.54) is 30.5 Å². The lowest BCUT2D eigenvalue weighted by molar-refractivity contribution is -0.137. The molecule has 0 unspecified atom stereocenters. The van der Waals surface area contributed by atoms with Crippen molar-refractivity contribution >= 4 is 23.2 Å². The SMILES string of the molecule is O=C(CNCc1ccco1)Nc1cccc(C(=O)Nc2cccc(C(F)(F)F)c2)c1. The molecule has 3 aromatic rings. The summed E-state index contributed by atoms with van der Waals surface area (Å²) in [7, 11) is 0. The first kappa shape index (κ1) is 21.1. The van der Waals surface area contributed by atoms with Gasteiger partial charge < -0.3 is 20.4 Å². The van der Waals surface area contributed by atoms with E-state index in [4.69, 9.17) is 4.42 Å². The predicted octanol–water partition coefficient (Wildman–Crippen LogP) is 4.28. The summed E-state index contributed by atoms with van der Waals surface area (Å²) in [4.78, 5) is 24.4. The fraction of sp³-hybridized carbons (Fsp3) is 0.143. The van der Waals surface area contributed by atoms with Gasteiger partial charge in [0, 0.05) is 16.9 Å². The monoisotopic (exact) mass is 417 g/mol. The van der Waals surface area contributed by atoms with Gasteiger partial charge in [-0.15, -0.1) is 0 Å². The van der Waals surface area contributed by atoms with Crippen molar-refractivity contribution in [3.8, 4) is 0 Å². The van der Waals surface area contributed by atoms with Crippen molar-refractivity contribution in [2.45, 2.75) is 12.7 Å². The zero-order valence-electron chi connectivity index (χ0n) is 15.6. The van der Waals surface area contributed by atoms with Crippen LogP contribution >= 0.6 is 0 Å². The third-order valence-corrected chi connectivity index (χ3v) is 4.02. The molecule has 0 aliphatic carbocycles. The minimum Gasteiger partial charge on any atom is -0.468 e. The molecule has 156 valence electrons. The number of hydrogen-bond donors (Lipinski definition) is 3. The highest BCUT2D eigenvalue weighted by Crippen LogP contribution is 2.30. The van der Waals surface area contributed by atoms with E-state index in [-0.39, 0.29) is 23.7 Å². The van der Waals surface area contributed by atoms with Crippen LogP contribution in [-0.2, 0) is 17.5 Å². The Morgan fingerprint density at radius 2 is 1.63 bits per heavy atom. The van der Waals surface area contributed by atoms with E-state index < -0.39 is 17.6 Å². The first-order valence-corrected chi connectivity index (χ1v) is 8.93. The van der Waals surface area contributed by atoms with Gasteiger partial charge >= 0.3 is 6.18 Å². The lowest BCUT2D eigenvalue weighted by Crippen LogP contribution is -2.27. The number of alkyl halides is 3. The fourth-order valence-electron chi connectivity index (χ4n) is 2.63. The van der Waals surface area contributed by atoms with Crippen LogP contribution in [0, 0.1) is 0 Å². The van der Waals surface area contributed by atoms with Crippen molar-refractivity contribution in [3.63, 3.8) is 0 Å². The number of benzene rings is 2. The molecular formula is C21H18F3N3O3. The largest absolute Gasteiger partial charge is 0.468 e. The van der Waals surface area contributed by atoms with Gasteiger partial charge in [-0.2, -0.15) is 13.2 Å². The highest BCUT2D eigenvalue weighted by molar-refractivity contribution is 6.05. The zero-order valence-corrected chi connectivity index (χ0v) is 15.6. The highest BCUT2D eigenvalue weighted by atomic mass is 19.4. The molecule has 0 fully saturated rings. The number of carbonyl (C=O) groups excluding carboxylic acids is 2. The maximum absolute atomic E-state index is 12.8. The summed E-state index contributed by atoms with van der Waals surface area (Å²) in [5.41, 5.74) is -0.264. The van der Waals surface area contributed by atoms with Crippen molar-refractivity contribution < 1.29 is 27.2 Å². The minimum atomic E-state index is -4.50. The van der Waals surface area contributed by atoms with Crippen LogP contribution in [0.1, 0.15) is 21.7 Å². The Morgan fingerprint density at radius 1 is 0.900 bits per heavy atom. The highest BCUT2D eigenvalue weighted by Gasteiger charge is 2.30. The molecule has 6 nitrogen and oxygen atoms in total. The molecule has 9 heteroatoms. The summed E-state index contributed by atoms with van der Waals surface area (Å²) in [5, 5.41) is 7.99. The van der Waals surface area contributed by atoms with Crippen molar-refractivity contribution in [3.05, 3.63) is 83.8 Å². The van der Waals surface area contributed by atoms with E-state index in [0.717, 1.165) is 12.1 Å². The second-order valence-corrected chi connectivity index (χ2v) is 6.34. The van der Waals surface area contributed by atoms with Crippen molar-refractivity contribution in [1.82, 2.24) is 5.32 Å². The van der Waals surface area contributed by atoms with Gasteiger partial charge in [0.2, 0.25) is 5.91 Å². The van der Waals surface area contributed by atoms with Gasteiger partial charge in [0.1, 0.15) is 5.76 Å². The Morgan fingerprint density at radius 3 is 2.33 bits per heavy atom. The molecule has 1 heterocycles. The molecular weight excluding hydrogens is 399 g/mol. The lowest BCUT2D eigenvalue weighted by atomic mass is 10.1. The molecule has 0 aliphatic heterocycles. The summed E-state index contributed by atoms with van der Waals surface area (Å²) < 4.78 is 43.6. The van der Waals surface area contributed by atoms with Crippen molar-refractivity contribution in [2.75, 3.05) is 17.2 Å². The molecule has 0 atom stereocenters. The van der Waals surface area contributed by atoms with Crippen LogP contribution in [-0.4, -0.2) is 18.4 Å². The van der Waals surface area contributed by atoms with E-state index >= 15 is 0 Å². The Kier molecular flexibility index (Phi) is 6.53. The van der Waals surface area contributed by atoms with Gasteiger partial charge in [0.25, 0.3) is 5.91 Å². The predicted molar refractivity (Wildman–Crippen MR) is 105 cm³/mol. The summed E-state index contributed by atoms with van der Waals surface area (Å²) in [6.45, 7) is 0.418. The van der Waals surface area contributed by atoms with Crippen LogP contribution in [0.25, 0.3) is 0 Å². The summed E-state index contributed by atoms with van der Waals surface area (Å²) in [6.07, 6.45) is -2.97. The van der Waals surface area contributed by atoms with Gasteiger partial charge in [-0.3, -0.25) is 9.59 Å². The second-order valence-electron chi connectivity index (χ2n) is 6.34. The topological polar surface area (TPSA) is 83.4 Å². The van der Waals surface area contributed by atoms with Crippen LogP contribution in [0.5, 0.6) is 0 Å². The van der Waals surface area contributed by atoms with Crippen LogP contribution < -0.4 is 16.0 Å².